The van der Waals surface area contributed by atoms with Crippen LogP contribution >= 0.6 is 0 Å². The first-order chi connectivity index (χ1) is 8.39. The normalized spacial score (nSPS) is 14.2. The van der Waals surface area contributed by atoms with Gasteiger partial charge in [0.1, 0.15) is 11.6 Å². The number of carbonyl (C=O) groups is 1. The predicted molar refractivity (Wildman–Crippen MR) is 64.3 cm³/mol. The van der Waals surface area contributed by atoms with Gasteiger partial charge in [-0.1, -0.05) is 6.92 Å². The van der Waals surface area contributed by atoms with Crippen LogP contribution in [0, 0.1) is 11.6 Å². The molecule has 1 atom stereocenters. The second-order valence-corrected chi connectivity index (χ2v) is 4.45. The Labute approximate surface area is 105 Å². The molecule has 0 saturated carbocycles. The van der Waals surface area contributed by atoms with Crippen LogP contribution in [0.4, 0.5) is 8.78 Å². The number of aliphatic carboxylic acids is 1. The number of halogens is 2. The number of carboxylic acid groups (broad SMARTS) is 1. The predicted octanol–water partition coefficient (Wildman–Crippen LogP) is 2.65. The molecular weight excluding hydrogens is 240 g/mol. The molecule has 100 valence electrons. The lowest BCUT2D eigenvalue weighted by molar-refractivity contribution is -0.138. The molecule has 3 nitrogen and oxygen atoms in total. The molecule has 0 aliphatic carbocycles. The Morgan fingerprint density at radius 3 is 2.67 bits per heavy atom. The second kappa shape index (κ2) is 5.91. The van der Waals surface area contributed by atoms with Gasteiger partial charge in [-0.2, -0.15) is 0 Å². The third-order valence-electron chi connectivity index (χ3n) is 2.79. The minimum Gasteiger partial charge on any atom is -0.481 e. The van der Waals surface area contributed by atoms with Crippen LogP contribution in [-0.4, -0.2) is 17.6 Å². The van der Waals surface area contributed by atoms with Crippen LogP contribution < -0.4 is 5.32 Å². The van der Waals surface area contributed by atoms with Crippen molar-refractivity contribution in [3.8, 4) is 0 Å². The van der Waals surface area contributed by atoms with Crippen molar-refractivity contribution < 1.29 is 18.7 Å². The highest BCUT2D eigenvalue weighted by Crippen LogP contribution is 2.28. The highest BCUT2D eigenvalue weighted by atomic mass is 19.1. The Morgan fingerprint density at radius 1 is 1.44 bits per heavy atom. The third kappa shape index (κ3) is 3.50. The molecule has 0 bridgehead atoms. The molecule has 2 N–H and O–H groups in total. The minimum absolute atomic E-state index is 0.0401. The summed E-state index contributed by atoms with van der Waals surface area (Å²) >= 11 is 0. The Hall–Kier alpha value is -1.49. The summed E-state index contributed by atoms with van der Waals surface area (Å²) in [5, 5.41) is 11.9. The van der Waals surface area contributed by atoms with E-state index in [2.05, 4.69) is 5.32 Å². The summed E-state index contributed by atoms with van der Waals surface area (Å²) in [7, 11) is 0. The van der Waals surface area contributed by atoms with E-state index < -0.39 is 23.1 Å². The lowest BCUT2D eigenvalue weighted by Crippen LogP contribution is -2.42. The number of benzene rings is 1. The maximum Gasteiger partial charge on any atom is 0.305 e. The van der Waals surface area contributed by atoms with E-state index in [9.17, 15) is 13.6 Å². The molecule has 18 heavy (non-hydrogen) atoms. The molecule has 0 saturated heterocycles. The molecule has 1 unspecified atom stereocenters. The van der Waals surface area contributed by atoms with Gasteiger partial charge in [-0.05, 0) is 38.1 Å². The van der Waals surface area contributed by atoms with E-state index in [1.807, 2.05) is 6.92 Å². The standard InChI is InChI=1S/C13H17F2NO2/c1-3-6-16-13(2,8-12(17)18)10-7-9(14)4-5-11(10)15/h4-5,7,16H,3,6,8H2,1-2H3,(H,17,18). The summed E-state index contributed by atoms with van der Waals surface area (Å²) in [5.74, 6) is -2.25. The summed E-state index contributed by atoms with van der Waals surface area (Å²) < 4.78 is 26.9. The lowest BCUT2D eigenvalue weighted by atomic mass is 9.88. The third-order valence-corrected chi connectivity index (χ3v) is 2.79. The monoisotopic (exact) mass is 257 g/mol. The molecule has 0 fully saturated rings. The van der Waals surface area contributed by atoms with E-state index >= 15 is 0 Å². The first-order valence-electron chi connectivity index (χ1n) is 5.81. The first-order valence-corrected chi connectivity index (χ1v) is 5.81. The topological polar surface area (TPSA) is 49.3 Å². The maximum atomic E-state index is 13.7. The van der Waals surface area contributed by atoms with Crippen molar-refractivity contribution in [3.05, 3.63) is 35.4 Å². The first kappa shape index (κ1) is 14.6. The van der Waals surface area contributed by atoms with Gasteiger partial charge in [0.2, 0.25) is 0 Å². The fraction of sp³-hybridized carbons (Fsp3) is 0.462. The largest absolute Gasteiger partial charge is 0.481 e. The molecule has 0 amide bonds. The van der Waals surface area contributed by atoms with Gasteiger partial charge >= 0.3 is 5.97 Å². The van der Waals surface area contributed by atoms with Gasteiger partial charge < -0.3 is 10.4 Å². The van der Waals surface area contributed by atoms with E-state index in [4.69, 9.17) is 5.11 Å². The van der Waals surface area contributed by atoms with E-state index in [1.165, 1.54) is 0 Å². The molecular formula is C13H17F2NO2. The summed E-state index contributed by atoms with van der Waals surface area (Å²) in [6, 6.07) is 3.07. The molecule has 0 aromatic heterocycles. The molecule has 0 heterocycles. The van der Waals surface area contributed by atoms with Crippen molar-refractivity contribution >= 4 is 5.97 Å². The number of carboxylic acids is 1. The zero-order valence-electron chi connectivity index (χ0n) is 10.5. The smallest absolute Gasteiger partial charge is 0.305 e. The Morgan fingerprint density at radius 2 is 2.11 bits per heavy atom. The van der Waals surface area contributed by atoms with Crippen molar-refractivity contribution in [1.29, 1.82) is 0 Å². The Balaban J connectivity index is 3.15. The molecule has 0 radical (unpaired) electrons. The summed E-state index contributed by atoms with van der Waals surface area (Å²) in [6.45, 7) is 4.00. The molecule has 1 aromatic rings. The maximum absolute atomic E-state index is 13.7. The van der Waals surface area contributed by atoms with E-state index in [0.29, 0.717) is 6.54 Å². The summed E-state index contributed by atoms with van der Waals surface area (Å²) in [5.41, 5.74) is -1.08. The number of rotatable bonds is 6. The van der Waals surface area contributed by atoms with Crippen LogP contribution in [0.25, 0.3) is 0 Å². The van der Waals surface area contributed by atoms with Gasteiger partial charge in [0.05, 0.1) is 12.0 Å². The van der Waals surface area contributed by atoms with Crippen LogP contribution in [0.5, 0.6) is 0 Å². The fourth-order valence-electron chi connectivity index (χ4n) is 1.88. The Kier molecular flexibility index (Phi) is 4.78. The van der Waals surface area contributed by atoms with Crippen molar-refractivity contribution in [2.24, 2.45) is 0 Å². The molecule has 0 aliphatic rings. The highest BCUT2D eigenvalue weighted by molar-refractivity contribution is 5.68. The Bertz CT molecular complexity index is 437. The van der Waals surface area contributed by atoms with Gasteiger partial charge in [0, 0.05) is 5.56 Å². The van der Waals surface area contributed by atoms with E-state index in [1.54, 1.807) is 6.92 Å². The molecule has 0 aliphatic heterocycles. The molecule has 0 spiro atoms. The van der Waals surface area contributed by atoms with Gasteiger partial charge in [-0.3, -0.25) is 4.79 Å². The molecule has 1 rings (SSSR count). The van der Waals surface area contributed by atoms with Crippen molar-refractivity contribution in [3.63, 3.8) is 0 Å². The summed E-state index contributed by atoms with van der Waals surface area (Å²) in [4.78, 5) is 10.9. The highest BCUT2D eigenvalue weighted by Gasteiger charge is 2.31. The van der Waals surface area contributed by atoms with Crippen molar-refractivity contribution in [1.82, 2.24) is 5.32 Å². The van der Waals surface area contributed by atoms with Crippen LogP contribution in [0.15, 0.2) is 18.2 Å². The van der Waals surface area contributed by atoms with Gasteiger partial charge in [0.15, 0.2) is 0 Å². The average molecular weight is 257 g/mol. The van der Waals surface area contributed by atoms with Gasteiger partial charge in [0.25, 0.3) is 0 Å². The second-order valence-electron chi connectivity index (χ2n) is 4.45. The van der Waals surface area contributed by atoms with E-state index in [-0.39, 0.29) is 12.0 Å². The SMILES string of the molecule is CCCNC(C)(CC(=O)O)c1cc(F)ccc1F. The lowest BCUT2D eigenvalue weighted by Gasteiger charge is -2.30. The fourth-order valence-corrected chi connectivity index (χ4v) is 1.88. The van der Waals surface area contributed by atoms with Crippen molar-refractivity contribution in [2.75, 3.05) is 6.54 Å². The van der Waals surface area contributed by atoms with Gasteiger partial charge in [-0.15, -0.1) is 0 Å². The number of nitrogens with one attached hydrogen (secondary N) is 1. The summed E-state index contributed by atoms with van der Waals surface area (Å²) in [6.07, 6.45) is 0.458. The zero-order valence-corrected chi connectivity index (χ0v) is 10.5. The molecule has 5 heteroatoms. The minimum atomic E-state index is -1.12. The average Bonchev–Trinajstić information content (AvgIpc) is 2.29. The van der Waals surface area contributed by atoms with Crippen LogP contribution in [0.2, 0.25) is 0 Å². The number of hydrogen-bond donors (Lipinski definition) is 2. The van der Waals surface area contributed by atoms with Crippen LogP contribution in [-0.2, 0) is 10.3 Å². The van der Waals surface area contributed by atoms with Crippen molar-refractivity contribution in [2.45, 2.75) is 32.2 Å². The van der Waals surface area contributed by atoms with Gasteiger partial charge in [-0.25, -0.2) is 8.78 Å². The van der Waals surface area contributed by atoms with E-state index in [0.717, 1.165) is 24.6 Å². The van der Waals surface area contributed by atoms with Crippen LogP contribution in [0.1, 0.15) is 32.3 Å². The number of hydrogen-bond acceptors (Lipinski definition) is 2. The quantitative estimate of drug-likeness (QED) is 0.823. The zero-order chi connectivity index (χ0) is 13.8. The molecule has 1 aromatic carbocycles. The van der Waals surface area contributed by atoms with Crippen LogP contribution in [0.3, 0.4) is 0 Å².